The van der Waals surface area contributed by atoms with Gasteiger partial charge >= 0.3 is 11.6 Å². The minimum absolute atomic E-state index is 0.211. The fraction of sp³-hybridized carbons (Fsp3) is 0.476. The number of fused-ring (bicyclic) bond motifs is 3. The molecule has 1 aliphatic rings. The highest BCUT2D eigenvalue weighted by molar-refractivity contribution is 5.70. The van der Waals surface area contributed by atoms with Crippen LogP contribution in [0, 0.1) is 19.8 Å². The summed E-state index contributed by atoms with van der Waals surface area (Å²) < 4.78 is 4.96. The summed E-state index contributed by atoms with van der Waals surface area (Å²) >= 11 is 0. The first-order valence-electron chi connectivity index (χ1n) is 9.93. The van der Waals surface area contributed by atoms with Crippen LogP contribution >= 0.6 is 0 Å². The quantitative estimate of drug-likeness (QED) is 0.706. The van der Waals surface area contributed by atoms with Crippen LogP contribution in [0.3, 0.4) is 0 Å². The van der Waals surface area contributed by atoms with E-state index in [-0.39, 0.29) is 11.2 Å². The molecule has 0 spiro atoms. The zero-order valence-corrected chi connectivity index (χ0v) is 17.2. The van der Waals surface area contributed by atoms with Crippen molar-refractivity contribution in [3.05, 3.63) is 50.2 Å². The second-order valence-electron chi connectivity index (χ2n) is 8.04. The average Bonchev–Trinajstić information content (AvgIpc) is 3.04. The molecule has 3 heterocycles. The Hall–Kier alpha value is -2.83. The van der Waals surface area contributed by atoms with E-state index >= 15 is 0 Å². The van der Waals surface area contributed by atoms with Gasteiger partial charge in [0, 0.05) is 19.5 Å². The predicted octanol–water partition coefficient (Wildman–Crippen LogP) is 2.13. The van der Waals surface area contributed by atoms with Gasteiger partial charge in [-0.2, -0.15) is 0 Å². The van der Waals surface area contributed by atoms with E-state index in [0.29, 0.717) is 23.6 Å². The van der Waals surface area contributed by atoms with Crippen molar-refractivity contribution in [1.29, 1.82) is 0 Å². The van der Waals surface area contributed by atoms with E-state index < -0.39 is 0 Å². The molecule has 1 aromatic carbocycles. The number of hydrogen-bond donors (Lipinski definition) is 1. The largest absolute Gasteiger partial charge is 0.364 e. The number of rotatable bonds is 3. The van der Waals surface area contributed by atoms with E-state index in [1.54, 1.807) is 11.6 Å². The molecule has 0 saturated carbocycles. The molecule has 0 fully saturated rings. The number of anilines is 2. The maximum absolute atomic E-state index is 13.2. The van der Waals surface area contributed by atoms with Gasteiger partial charge in [-0.25, -0.2) is 19.2 Å². The van der Waals surface area contributed by atoms with Gasteiger partial charge in [0.2, 0.25) is 11.2 Å². The number of benzene rings is 1. The molecule has 1 N–H and O–H groups in total. The number of imidazole rings is 1. The molecule has 0 aliphatic carbocycles. The SMILES string of the molecule is CCCn1c(=O)c2c([nH]c3[n+]2C[C@@H](C)CN3c2ccc(C)c(C)c2)n(C)c1=O. The highest BCUT2D eigenvalue weighted by Crippen LogP contribution is 2.29. The number of aromatic amines is 1. The number of nitrogens with zero attached hydrogens (tertiary/aromatic N) is 4. The Morgan fingerprint density at radius 1 is 1.21 bits per heavy atom. The van der Waals surface area contributed by atoms with E-state index in [0.717, 1.165) is 31.1 Å². The number of aromatic nitrogens is 4. The summed E-state index contributed by atoms with van der Waals surface area (Å²) in [5.74, 6) is 1.23. The Balaban J connectivity index is 2.00. The molecule has 7 heteroatoms. The van der Waals surface area contributed by atoms with Crippen molar-refractivity contribution in [2.75, 3.05) is 11.4 Å². The van der Waals surface area contributed by atoms with Crippen LogP contribution in [0.4, 0.5) is 11.6 Å². The first-order chi connectivity index (χ1) is 13.3. The van der Waals surface area contributed by atoms with Gasteiger partial charge in [-0.05, 0) is 43.5 Å². The van der Waals surface area contributed by atoms with E-state index in [2.05, 4.69) is 48.9 Å². The third-order valence-electron chi connectivity index (χ3n) is 5.77. The molecule has 4 rings (SSSR count). The number of H-pyrrole nitrogens is 1. The monoisotopic (exact) mass is 382 g/mol. The molecular formula is C21H28N5O2+. The fourth-order valence-electron chi connectivity index (χ4n) is 4.12. The molecule has 0 saturated heterocycles. The first kappa shape index (κ1) is 18.5. The van der Waals surface area contributed by atoms with Gasteiger partial charge in [-0.3, -0.25) is 13.9 Å². The second kappa shape index (κ2) is 6.65. The topological polar surface area (TPSA) is 66.9 Å². The van der Waals surface area contributed by atoms with Crippen LogP contribution in [0.1, 0.15) is 31.4 Å². The number of hydrogen-bond acceptors (Lipinski definition) is 3. The molecule has 0 bridgehead atoms. The molecule has 0 radical (unpaired) electrons. The van der Waals surface area contributed by atoms with Gasteiger partial charge in [0.15, 0.2) is 0 Å². The summed E-state index contributed by atoms with van der Waals surface area (Å²) in [6.45, 7) is 10.4. The third-order valence-corrected chi connectivity index (χ3v) is 5.77. The summed E-state index contributed by atoms with van der Waals surface area (Å²) in [7, 11) is 1.72. The molecule has 148 valence electrons. The van der Waals surface area contributed by atoms with Crippen LogP contribution in [0.5, 0.6) is 0 Å². The van der Waals surface area contributed by atoms with Crippen molar-refractivity contribution >= 4 is 22.8 Å². The average molecular weight is 382 g/mol. The van der Waals surface area contributed by atoms with Crippen LogP contribution in [0.2, 0.25) is 0 Å². The molecule has 1 aliphatic heterocycles. The van der Waals surface area contributed by atoms with Gasteiger partial charge in [0.05, 0.1) is 13.1 Å². The Morgan fingerprint density at radius 3 is 2.64 bits per heavy atom. The van der Waals surface area contributed by atoms with Crippen LogP contribution in [-0.2, 0) is 20.1 Å². The predicted molar refractivity (Wildman–Crippen MR) is 110 cm³/mol. The third kappa shape index (κ3) is 2.68. The minimum Gasteiger partial charge on any atom is -0.267 e. The molecule has 3 aromatic rings. The van der Waals surface area contributed by atoms with Crippen molar-refractivity contribution in [3.8, 4) is 0 Å². The normalized spacial score (nSPS) is 16.6. The van der Waals surface area contributed by atoms with Gasteiger partial charge in [-0.1, -0.05) is 19.9 Å². The number of nitrogens with one attached hydrogen (secondary N) is 1. The Bertz CT molecular complexity index is 1180. The summed E-state index contributed by atoms with van der Waals surface area (Å²) in [5.41, 5.74) is 4.25. The van der Waals surface area contributed by atoms with Crippen molar-refractivity contribution in [2.24, 2.45) is 13.0 Å². The van der Waals surface area contributed by atoms with Gasteiger partial charge in [0.25, 0.3) is 5.56 Å². The lowest BCUT2D eigenvalue weighted by Gasteiger charge is -2.26. The van der Waals surface area contributed by atoms with Crippen molar-refractivity contribution in [1.82, 2.24) is 14.1 Å². The summed E-state index contributed by atoms with van der Waals surface area (Å²) in [5, 5.41) is 0. The van der Waals surface area contributed by atoms with E-state index in [1.165, 1.54) is 15.7 Å². The number of aryl methyl sites for hydroxylation is 3. The molecular weight excluding hydrogens is 354 g/mol. The summed E-state index contributed by atoms with van der Waals surface area (Å²) in [6.07, 6.45) is 0.739. The summed E-state index contributed by atoms with van der Waals surface area (Å²) in [4.78, 5) is 31.4. The lowest BCUT2D eigenvalue weighted by Crippen LogP contribution is -2.52. The van der Waals surface area contributed by atoms with Gasteiger partial charge in [-0.15, -0.1) is 0 Å². The van der Waals surface area contributed by atoms with Crippen molar-refractivity contribution in [2.45, 2.75) is 47.2 Å². The maximum Gasteiger partial charge on any atom is 0.364 e. The fourth-order valence-corrected chi connectivity index (χ4v) is 4.12. The summed E-state index contributed by atoms with van der Waals surface area (Å²) in [6, 6.07) is 6.42. The van der Waals surface area contributed by atoms with E-state index in [1.807, 2.05) is 11.5 Å². The molecule has 7 nitrogen and oxygen atoms in total. The zero-order chi connectivity index (χ0) is 20.2. The highest BCUT2D eigenvalue weighted by Gasteiger charge is 2.36. The first-order valence-corrected chi connectivity index (χ1v) is 9.93. The smallest absolute Gasteiger partial charge is 0.267 e. The zero-order valence-electron chi connectivity index (χ0n) is 17.2. The lowest BCUT2D eigenvalue weighted by atomic mass is 10.1. The van der Waals surface area contributed by atoms with Crippen molar-refractivity contribution in [3.63, 3.8) is 0 Å². The Kier molecular flexibility index (Phi) is 4.40. The van der Waals surface area contributed by atoms with Crippen LogP contribution < -0.4 is 20.7 Å². The van der Waals surface area contributed by atoms with Crippen molar-refractivity contribution < 1.29 is 4.57 Å². The Labute approximate surface area is 163 Å². The minimum atomic E-state index is -0.274. The maximum atomic E-state index is 13.2. The molecule has 0 unspecified atom stereocenters. The molecule has 0 amide bonds. The Morgan fingerprint density at radius 2 is 1.96 bits per heavy atom. The second-order valence-corrected chi connectivity index (χ2v) is 8.04. The van der Waals surface area contributed by atoms with E-state index in [9.17, 15) is 9.59 Å². The van der Waals surface area contributed by atoms with Crippen LogP contribution in [-0.4, -0.2) is 20.7 Å². The highest BCUT2D eigenvalue weighted by atomic mass is 16.2. The van der Waals surface area contributed by atoms with Crippen LogP contribution in [0.25, 0.3) is 11.2 Å². The molecule has 1 atom stereocenters. The van der Waals surface area contributed by atoms with Gasteiger partial charge < -0.3 is 0 Å². The van der Waals surface area contributed by atoms with Gasteiger partial charge in [0.1, 0.15) is 5.69 Å². The molecule has 2 aromatic heterocycles. The van der Waals surface area contributed by atoms with E-state index in [4.69, 9.17) is 0 Å². The lowest BCUT2D eigenvalue weighted by molar-refractivity contribution is -0.669. The van der Waals surface area contributed by atoms with Crippen LogP contribution in [0.15, 0.2) is 27.8 Å². The molecule has 28 heavy (non-hydrogen) atoms. The standard InChI is InChI=1S/C21H27N5O2/c1-6-9-24-19(27)17-18(23(5)21(24)28)22-20-25(11-13(2)12-26(17)20)16-8-7-14(3)15(4)10-16/h7-8,10,13H,6,9,11-12H2,1-5H3/p+1/t13-/m0/s1.